The van der Waals surface area contributed by atoms with E-state index in [-0.39, 0.29) is 11.8 Å². The van der Waals surface area contributed by atoms with Crippen molar-refractivity contribution in [2.45, 2.75) is 20.8 Å². The average Bonchev–Trinajstić information content (AvgIpc) is 2.98. The van der Waals surface area contributed by atoms with E-state index in [4.69, 9.17) is 4.74 Å². The Labute approximate surface area is 157 Å². The standard InChI is InChI=1S/C23H20FNO2/c1-4-27-23(26)18-9-5-8-17-12-15(3)25(22(17)18)21-13-16-7-6-10-20(24)19(16)11-14(21)2/h5-13H,4H2,1-3H3. The summed E-state index contributed by atoms with van der Waals surface area (Å²) in [6.45, 7) is 6.08. The molecule has 0 saturated heterocycles. The first-order chi connectivity index (χ1) is 13.0. The number of carbonyl (C=O) groups excluding carboxylic acids is 1. The predicted octanol–water partition coefficient (Wildman–Crippen LogP) is 5.72. The zero-order valence-corrected chi connectivity index (χ0v) is 15.5. The molecule has 0 unspecified atom stereocenters. The molecule has 1 heterocycles. The Balaban J connectivity index is 2.05. The van der Waals surface area contributed by atoms with Gasteiger partial charge in [0.1, 0.15) is 5.82 Å². The van der Waals surface area contributed by atoms with Gasteiger partial charge in [0.2, 0.25) is 0 Å². The molecule has 3 nitrogen and oxygen atoms in total. The number of nitrogens with zero attached hydrogens (tertiary/aromatic N) is 1. The number of aryl methyl sites for hydroxylation is 2. The fourth-order valence-electron chi connectivity index (χ4n) is 3.70. The minimum absolute atomic E-state index is 0.233. The molecule has 4 aromatic rings. The Morgan fingerprint density at radius 1 is 1.04 bits per heavy atom. The highest BCUT2D eigenvalue weighted by atomic mass is 19.1. The van der Waals surface area contributed by atoms with Crippen molar-refractivity contribution in [3.63, 3.8) is 0 Å². The molecule has 0 radical (unpaired) electrons. The van der Waals surface area contributed by atoms with Crippen molar-refractivity contribution >= 4 is 27.6 Å². The first kappa shape index (κ1) is 17.3. The van der Waals surface area contributed by atoms with Crippen LogP contribution in [0.15, 0.2) is 54.6 Å². The van der Waals surface area contributed by atoms with E-state index in [1.54, 1.807) is 19.1 Å². The molecule has 1 aromatic heterocycles. The minimum Gasteiger partial charge on any atom is -0.462 e. The molecule has 4 rings (SSSR count). The predicted molar refractivity (Wildman–Crippen MR) is 106 cm³/mol. The molecule has 0 aliphatic rings. The number of esters is 1. The SMILES string of the molecule is CCOC(=O)c1cccc2cc(C)n(-c3cc4cccc(F)c4cc3C)c12. The van der Waals surface area contributed by atoms with Crippen molar-refractivity contribution in [2.24, 2.45) is 0 Å². The summed E-state index contributed by atoms with van der Waals surface area (Å²) in [5.74, 6) is -0.574. The summed E-state index contributed by atoms with van der Waals surface area (Å²) in [6.07, 6.45) is 0. The maximum absolute atomic E-state index is 14.2. The van der Waals surface area contributed by atoms with Gasteiger partial charge in [0.25, 0.3) is 0 Å². The zero-order chi connectivity index (χ0) is 19.1. The van der Waals surface area contributed by atoms with Gasteiger partial charge in [-0.25, -0.2) is 9.18 Å². The highest BCUT2D eigenvalue weighted by molar-refractivity contribution is 6.04. The summed E-state index contributed by atoms with van der Waals surface area (Å²) in [7, 11) is 0. The third-order valence-corrected chi connectivity index (χ3v) is 4.89. The smallest absolute Gasteiger partial charge is 0.340 e. The molecule has 0 amide bonds. The van der Waals surface area contributed by atoms with Crippen LogP contribution >= 0.6 is 0 Å². The number of para-hydroxylation sites is 1. The molecule has 0 aliphatic carbocycles. The van der Waals surface area contributed by atoms with Gasteiger partial charge in [-0.3, -0.25) is 0 Å². The van der Waals surface area contributed by atoms with Crippen LogP contribution in [0.5, 0.6) is 0 Å². The fraction of sp³-hybridized carbons (Fsp3) is 0.174. The number of aromatic nitrogens is 1. The molecule has 0 aliphatic heterocycles. The van der Waals surface area contributed by atoms with E-state index in [0.717, 1.165) is 33.2 Å². The second-order valence-electron chi connectivity index (χ2n) is 6.68. The van der Waals surface area contributed by atoms with Gasteiger partial charge < -0.3 is 9.30 Å². The van der Waals surface area contributed by atoms with Crippen LogP contribution in [-0.2, 0) is 4.74 Å². The number of fused-ring (bicyclic) bond motifs is 2. The maximum Gasteiger partial charge on any atom is 0.340 e. The van der Waals surface area contributed by atoms with Crippen molar-refractivity contribution in [1.29, 1.82) is 0 Å². The van der Waals surface area contributed by atoms with E-state index in [2.05, 4.69) is 4.57 Å². The van der Waals surface area contributed by atoms with Crippen LogP contribution in [0, 0.1) is 19.7 Å². The molecule has 0 fully saturated rings. The zero-order valence-electron chi connectivity index (χ0n) is 15.5. The number of carbonyl (C=O) groups is 1. The lowest BCUT2D eigenvalue weighted by Gasteiger charge is -2.15. The molecule has 27 heavy (non-hydrogen) atoms. The van der Waals surface area contributed by atoms with Crippen molar-refractivity contribution < 1.29 is 13.9 Å². The summed E-state index contributed by atoms with van der Waals surface area (Å²) in [6, 6.07) is 16.6. The van der Waals surface area contributed by atoms with Crippen LogP contribution in [0.3, 0.4) is 0 Å². The molecule has 4 heteroatoms. The normalized spacial score (nSPS) is 11.3. The minimum atomic E-state index is -0.341. The van der Waals surface area contributed by atoms with E-state index in [1.165, 1.54) is 6.07 Å². The summed E-state index contributed by atoms with van der Waals surface area (Å²) in [4.78, 5) is 12.5. The number of halogens is 1. The van der Waals surface area contributed by atoms with E-state index < -0.39 is 0 Å². The second-order valence-corrected chi connectivity index (χ2v) is 6.68. The molecular weight excluding hydrogens is 341 g/mol. The molecule has 0 atom stereocenters. The average molecular weight is 361 g/mol. The van der Waals surface area contributed by atoms with Crippen molar-refractivity contribution in [2.75, 3.05) is 6.61 Å². The summed E-state index contributed by atoms with van der Waals surface area (Å²) in [5, 5.41) is 2.39. The topological polar surface area (TPSA) is 31.2 Å². The molecule has 0 N–H and O–H groups in total. The second kappa shape index (κ2) is 6.54. The van der Waals surface area contributed by atoms with E-state index >= 15 is 0 Å². The summed E-state index contributed by atoms with van der Waals surface area (Å²) < 4.78 is 21.5. The summed E-state index contributed by atoms with van der Waals surface area (Å²) in [5.41, 5.74) is 4.21. The maximum atomic E-state index is 14.2. The molecule has 0 spiro atoms. The van der Waals surface area contributed by atoms with Crippen LogP contribution in [0.2, 0.25) is 0 Å². The van der Waals surface area contributed by atoms with Gasteiger partial charge in [0.15, 0.2) is 0 Å². The lowest BCUT2D eigenvalue weighted by molar-refractivity contribution is 0.0528. The quantitative estimate of drug-likeness (QED) is 0.437. The van der Waals surface area contributed by atoms with Crippen LogP contribution in [0.25, 0.3) is 27.4 Å². The Morgan fingerprint density at radius 3 is 2.56 bits per heavy atom. The number of rotatable bonds is 3. The molecule has 0 bridgehead atoms. The van der Waals surface area contributed by atoms with Crippen molar-refractivity contribution in [3.8, 4) is 5.69 Å². The highest BCUT2D eigenvalue weighted by Gasteiger charge is 2.18. The monoisotopic (exact) mass is 361 g/mol. The first-order valence-electron chi connectivity index (χ1n) is 8.98. The first-order valence-corrected chi connectivity index (χ1v) is 8.98. The third-order valence-electron chi connectivity index (χ3n) is 4.89. The van der Waals surface area contributed by atoms with Crippen LogP contribution < -0.4 is 0 Å². The number of benzene rings is 3. The van der Waals surface area contributed by atoms with Gasteiger partial charge in [-0.15, -0.1) is 0 Å². The van der Waals surface area contributed by atoms with E-state index in [1.807, 2.05) is 50.2 Å². The van der Waals surface area contributed by atoms with Gasteiger partial charge >= 0.3 is 5.97 Å². The fourth-order valence-corrected chi connectivity index (χ4v) is 3.70. The summed E-state index contributed by atoms with van der Waals surface area (Å²) >= 11 is 0. The largest absolute Gasteiger partial charge is 0.462 e. The molecule has 3 aromatic carbocycles. The van der Waals surface area contributed by atoms with Gasteiger partial charge in [-0.05, 0) is 62.1 Å². The number of hydrogen-bond acceptors (Lipinski definition) is 2. The van der Waals surface area contributed by atoms with Gasteiger partial charge in [-0.1, -0.05) is 24.3 Å². The van der Waals surface area contributed by atoms with Crippen molar-refractivity contribution in [3.05, 3.63) is 77.2 Å². The lowest BCUT2D eigenvalue weighted by Crippen LogP contribution is -2.08. The Kier molecular flexibility index (Phi) is 4.19. The number of ether oxygens (including phenoxy) is 1. The molecule has 136 valence electrons. The van der Waals surface area contributed by atoms with Crippen LogP contribution in [0.4, 0.5) is 4.39 Å². The van der Waals surface area contributed by atoms with E-state index in [0.29, 0.717) is 17.6 Å². The lowest BCUT2D eigenvalue weighted by atomic mass is 10.0. The highest BCUT2D eigenvalue weighted by Crippen LogP contribution is 2.32. The molecule has 0 saturated carbocycles. The van der Waals surface area contributed by atoms with Crippen LogP contribution in [-0.4, -0.2) is 17.1 Å². The number of hydrogen-bond donors (Lipinski definition) is 0. The third kappa shape index (κ3) is 2.78. The Morgan fingerprint density at radius 2 is 1.78 bits per heavy atom. The molecular formula is C23H20FNO2. The van der Waals surface area contributed by atoms with Gasteiger partial charge in [0, 0.05) is 22.2 Å². The van der Waals surface area contributed by atoms with Gasteiger partial charge in [0.05, 0.1) is 17.7 Å². The Bertz CT molecular complexity index is 1190. The van der Waals surface area contributed by atoms with Gasteiger partial charge in [-0.2, -0.15) is 0 Å². The Hall–Kier alpha value is -3.14. The van der Waals surface area contributed by atoms with E-state index in [9.17, 15) is 9.18 Å². The van der Waals surface area contributed by atoms with Crippen LogP contribution in [0.1, 0.15) is 28.5 Å². The van der Waals surface area contributed by atoms with Crippen molar-refractivity contribution in [1.82, 2.24) is 4.57 Å².